The van der Waals surface area contributed by atoms with Crippen LogP contribution < -0.4 is 0 Å². The van der Waals surface area contributed by atoms with E-state index in [-0.39, 0.29) is 10.1 Å². The van der Waals surface area contributed by atoms with Crippen LogP contribution in [0.2, 0.25) is 0 Å². The standard InChI is InChI=1S/C10H14O.FH/c1-10(2,3)8-4-6-9(11)7-5-8;/h4-7,11H,1-3H3;1H. The van der Waals surface area contributed by atoms with E-state index in [0.29, 0.717) is 5.75 Å². The fourth-order valence-electron chi connectivity index (χ4n) is 0.961. The maximum absolute atomic E-state index is 9.02. The number of aromatic hydroxyl groups is 1. The minimum atomic E-state index is 0. The SMILES string of the molecule is CC(C)(C)c1ccc(O)cc1.F. The van der Waals surface area contributed by atoms with Gasteiger partial charge in [0.05, 0.1) is 0 Å². The number of halogens is 1. The van der Waals surface area contributed by atoms with Gasteiger partial charge in [-0.25, -0.2) is 0 Å². The first-order valence-electron chi connectivity index (χ1n) is 3.79. The summed E-state index contributed by atoms with van der Waals surface area (Å²) in [5, 5.41) is 9.02. The molecule has 0 radical (unpaired) electrons. The highest BCUT2D eigenvalue weighted by molar-refractivity contribution is 5.29. The van der Waals surface area contributed by atoms with Gasteiger partial charge in [-0.05, 0) is 23.1 Å². The normalized spacial score (nSPS) is 10.6. The molecule has 1 N–H and O–H groups in total. The van der Waals surface area contributed by atoms with Crippen molar-refractivity contribution >= 4 is 0 Å². The van der Waals surface area contributed by atoms with Crippen molar-refractivity contribution in [3.8, 4) is 5.75 Å². The van der Waals surface area contributed by atoms with E-state index in [4.69, 9.17) is 5.11 Å². The van der Waals surface area contributed by atoms with Gasteiger partial charge in [0.1, 0.15) is 5.75 Å². The smallest absolute Gasteiger partial charge is 0.115 e. The van der Waals surface area contributed by atoms with E-state index in [1.54, 1.807) is 12.1 Å². The quantitative estimate of drug-likeness (QED) is 0.634. The Bertz CT molecular complexity index is 233. The number of benzene rings is 1. The zero-order valence-electron chi connectivity index (χ0n) is 7.66. The van der Waals surface area contributed by atoms with Crippen molar-refractivity contribution in [3.63, 3.8) is 0 Å². The monoisotopic (exact) mass is 170 g/mol. The second-order valence-corrected chi connectivity index (χ2v) is 3.80. The zero-order chi connectivity index (χ0) is 8.48. The average molecular weight is 170 g/mol. The molecule has 0 atom stereocenters. The van der Waals surface area contributed by atoms with E-state index in [1.807, 2.05) is 12.1 Å². The molecule has 0 saturated heterocycles. The molecule has 12 heavy (non-hydrogen) atoms. The van der Waals surface area contributed by atoms with Crippen molar-refractivity contribution in [1.29, 1.82) is 0 Å². The lowest BCUT2D eigenvalue weighted by Crippen LogP contribution is -2.10. The molecule has 68 valence electrons. The summed E-state index contributed by atoms with van der Waals surface area (Å²) < 4.78 is 0. The molecule has 0 aliphatic rings. The second kappa shape index (κ2) is 3.57. The maximum Gasteiger partial charge on any atom is 0.115 e. The Morgan fingerprint density at radius 1 is 1.00 bits per heavy atom. The summed E-state index contributed by atoms with van der Waals surface area (Å²) in [5.74, 6) is 0.331. The first kappa shape index (κ1) is 11.0. The van der Waals surface area contributed by atoms with Crippen LogP contribution in [0, 0.1) is 0 Å². The molecule has 0 bridgehead atoms. The fourth-order valence-corrected chi connectivity index (χ4v) is 0.961. The molecule has 0 amide bonds. The summed E-state index contributed by atoms with van der Waals surface area (Å²) in [7, 11) is 0. The third-order valence-corrected chi connectivity index (χ3v) is 1.73. The van der Waals surface area contributed by atoms with Gasteiger partial charge in [0.25, 0.3) is 0 Å². The van der Waals surface area contributed by atoms with Gasteiger partial charge in [-0.2, -0.15) is 0 Å². The topological polar surface area (TPSA) is 20.2 Å². The van der Waals surface area contributed by atoms with Crippen LogP contribution in [0.15, 0.2) is 24.3 Å². The van der Waals surface area contributed by atoms with Gasteiger partial charge < -0.3 is 5.11 Å². The van der Waals surface area contributed by atoms with Crippen LogP contribution in [0.5, 0.6) is 5.75 Å². The van der Waals surface area contributed by atoms with E-state index in [0.717, 1.165) is 0 Å². The van der Waals surface area contributed by atoms with Gasteiger partial charge in [-0.3, -0.25) is 4.70 Å². The Kier molecular flexibility index (Phi) is 3.25. The van der Waals surface area contributed by atoms with E-state index in [2.05, 4.69) is 20.8 Å². The maximum atomic E-state index is 9.02. The molecule has 2 heteroatoms. The molecule has 1 aromatic carbocycles. The number of phenolic OH excluding ortho intramolecular Hbond substituents is 1. The summed E-state index contributed by atoms with van der Waals surface area (Å²) in [6.45, 7) is 6.46. The first-order valence-corrected chi connectivity index (χ1v) is 3.79. The summed E-state index contributed by atoms with van der Waals surface area (Å²) >= 11 is 0. The van der Waals surface area contributed by atoms with Crippen molar-refractivity contribution in [2.45, 2.75) is 26.2 Å². The summed E-state index contributed by atoms with van der Waals surface area (Å²) in [5.41, 5.74) is 1.42. The molecule has 0 unspecified atom stereocenters. The number of rotatable bonds is 0. The third-order valence-electron chi connectivity index (χ3n) is 1.73. The van der Waals surface area contributed by atoms with Crippen molar-refractivity contribution in [3.05, 3.63) is 29.8 Å². The lowest BCUT2D eigenvalue weighted by Gasteiger charge is -2.18. The number of hydrogen-bond donors (Lipinski definition) is 1. The molecule has 1 nitrogen and oxygen atoms in total. The van der Waals surface area contributed by atoms with Crippen molar-refractivity contribution in [2.75, 3.05) is 0 Å². The summed E-state index contributed by atoms with van der Waals surface area (Å²) in [6.07, 6.45) is 0. The number of phenols is 1. The molecule has 0 aliphatic heterocycles. The molecule has 1 rings (SSSR count). The van der Waals surface area contributed by atoms with Crippen molar-refractivity contribution in [2.24, 2.45) is 0 Å². The highest BCUT2D eigenvalue weighted by Gasteiger charge is 2.12. The predicted molar refractivity (Wildman–Crippen MR) is 49.3 cm³/mol. The van der Waals surface area contributed by atoms with Gasteiger partial charge in [0, 0.05) is 0 Å². The molecule has 0 spiro atoms. The summed E-state index contributed by atoms with van der Waals surface area (Å²) in [4.78, 5) is 0. The van der Waals surface area contributed by atoms with Gasteiger partial charge in [-0.1, -0.05) is 32.9 Å². The van der Waals surface area contributed by atoms with Gasteiger partial charge in [0.2, 0.25) is 0 Å². The minimum absolute atomic E-state index is 0. The van der Waals surface area contributed by atoms with Crippen LogP contribution in [-0.2, 0) is 5.41 Å². The lowest BCUT2D eigenvalue weighted by molar-refractivity contribution is 0.474. The van der Waals surface area contributed by atoms with Crippen molar-refractivity contribution < 1.29 is 9.81 Å². The highest BCUT2D eigenvalue weighted by Crippen LogP contribution is 2.23. The molecule has 0 saturated carbocycles. The van der Waals surface area contributed by atoms with Gasteiger partial charge in [0.15, 0.2) is 0 Å². The molecule has 0 fully saturated rings. The van der Waals surface area contributed by atoms with Crippen LogP contribution in [0.25, 0.3) is 0 Å². The third kappa shape index (κ3) is 2.53. The Morgan fingerprint density at radius 2 is 1.42 bits per heavy atom. The highest BCUT2D eigenvalue weighted by atomic mass is 19.0. The Labute approximate surface area is 72.4 Å². The Morgan fingerprint density at radius 3 is 1.75 bits per heavy atom. The van der Waals surface area contributed by atoms with E-state index in [1.165, 1.54) is 5.56 Å². The summed E-state index contributed by atoms with van der Waals surface area (Å²) in [6, 6.07) is 7.35. The molecule has 0 aromatic heterocycles. The van der Waals surface area contributed by atoms with Crippen LogP contribution in [0.1, 0.15) is 26.3 Å². The van der Waals surface area contributed by atoms with Crippen LogP contribution in [0.3, 0.4) is 0 Å². The van der Waals surface area contributed by atoms with Crippen LogP contribution in [0.4, 0.5) is 4.70 Å². The second-order valence-electron chi connectivity index (χ2n) is 3.80. The number of hydrogen-bond acceptors (Lipinski definition) is 1. The molecular formula is C10H15FO. The molecule has 1 aromatic rings. The molecule has 0 aliphatic carbocycles. The van der Waals surface area contributed by atoms with Crippen molar-refractivity contribution in [1.82, 2.24) is 0 Å². The Hall–Kier alpha value is -1.05. The largest absolute Gasteiger partial charge is 0.508 e. The van der Waals surface area contributed by atoms with E-state index in [9.17, 15) is 0 Å². The minimum Gasteiger partial charge on any atom is -0.508 e. The fraction of sp³-hybridized carbons (Fsp3) is 0.400. The van der Waals surface area contributed by atoms with Gasteiger partial charge in [-0.15, -0.1) is 0 Å². The first-order chi connectivity index (χ1) is 5.00. The molecule has 0 heterocycles. The van der Waals surface area contributed by atoms with Crippen LogP contribution in [-0.4, -0.2) is 5.11 Å². The average Bonchev–Trinajstić information content (AvgIpc) is 1.86. The van der Waals surface area contributed by atoms with E-state index < -0.39 is 0 Å². The Balaban J connectivity index is 0.00000121. The van der Waals surface area contributed by atoms with Crippen LogP contribution >= 0.6 is 0 Å². The predicted octanol–water partition coefficient (Wildman–Crippen LogP) is 2.84. The van der Waals surface area contributed by atoms with E-state index >= 15 is 0 Å². The zero-order valence-corrected chi connectivity index (χ0v) is 7.66. The lowest BCUT2D eigenvalue weighted by atomic mass is 9.87. The molecular weight excluding hydrogens is 155 g/mol. The van der Waals surface area contributed by atoms with Gasteiger partial charge >= 0.3 is 0 Å².